The summed E-state index contributed by atoms with van der Waals surface area (Å²) in [4.78, 5) is 37.5. The molecule has 2 amide bonds. The van der Waals surface area contributed by atoms with E-state index >= 15 is 0 Å². The summed E-state index contributed by atoms with van der Waals surface area (Å²) in [6, 6.07) is 20.6. The van der Waals surface area contributed by atoms with Gasteiger partial charge in [-0.2, -0.15) is 0 Å². The Morgan fingerprint density at radius 2 is 1.85 bits per heavy atom. The molecule has 0 aliphatic carbocycles. The highest BCUT2D eigenvalue weighted by molar-refractivity contribution is 7.13. The molecule has 1 aliphatic rings. The molecule has 34 heavy (non-hydrogen) atoms. The van der Waals surface area contributed by atoms with Gasteiger partial charge in [0.15, 0.2) is 0 Å². The Balaban J connectivity index is 1.40. The first kappa shape index (κ1) is 22.0. The van der Waals surface area contributed by atoms with Crippen LogP contribution in [0.2, 0.25) is 0 Å². The quantitative estimate of drug-likeness (QED) is 0.445. The minimum atomic E-state index is -0.586. The van der Waals surface area contributed by atoms with E-state index in [0.29, 0.717) is 12.1 Å². The highest BCUT2D eigenvalue weighted by Gasteiger charge is 2.35. The number of nitrogens with zero attached hydrogens (tertiary/aromatic N) is 3. The molecule has 0 bridgehead atoms. The number of pyridine rings is 1. The lowest BCUT2D eigenvalue weighted by Crippen LogP contribution is -2.50. The number of fused-ring (bicyclic) bond motifs is 1. The zero-order chi connectivity index (χ0) is 23.5. The van der Waals surface area contributed by atoms with E-state index < -0.39 is 6.04 Å². The Kier molecular flexibility index (Phi) is 6.18. The van der Waals surface area contributed by atoms with Crippen molar-refractivity contribution >= 4 is 34.5 Å². The standard InChI is InChI=1S/C27H24N4O2S/c1-18-9-12-20(13-10-18)29-26(33)24-14-11-19-6-2-3-8-23(19)31(24)25(32)16-21-17-34-27(30-21)22-7-4-5-15-28-22/h2-10,12-13,15,17,24H,11,14,16H2,1H3,(H,29,33)/t24-/m0/s1. The van der Waals surface area contributed by atoms with Crippen molar-refractivity contribution in [3.05, 3.63) is 95.1 Å². The number of anilines is 2. The van der Waals surface area contributed by atoms with Crippen LogP contribution in [0.15, 0.2) is 78.3 Å². The SMILES string of the molecule is Cc1ccc(NC(=O)[C@@H]2CCc3ccccc3N2C(=O)Cc2csc(-c3ccccn3)n2)cc1. The van der Waals surface area contributed by atoms with Crippen LogP contribution in [-0.4, -0.2) is 27.8 Å². The number of thiazole rings is 1. The minimum absolute atomic E-state index is 0.117. The first-order valence-corrected chi connectivity index (χ1v) is 12.1. The van der Waals surface area contributed by atoms with Gasteiger partial charge in [-0.25, -0.2) is 4.98 Å². The molecule has 1 aliphatic heterocycles. The maximum Gasteiger partial charge on any atom is 0.247 e. The van der Waals surface area contributed by atoms with Crippen molar-refractivity contribution in [3.8, 4) is 10.7 Å². The number of carbonyl (C=O) groups is 2. The molecule has 1 N–H and O–H groups in total. The van der Waals surface area contributed by atoms with E-state index in [2.05, 4.69) is 15.3 Å². The van der Waals surface area contributed by atoms with E-state index in [4.69, 9.17) is 0 Å². The molecule has 0 saturated heterocycles. The van der Waals surface area contributed by atoms with Gasteiger partial charge in [-0.1, -0.05) is 42.0 Å². The molecule has 0 saturated carbocycles. The van der Waals surface area contributed by atoms with Gasteiger partial charge in [0.1, 0.15) is 11.0 Å². The van der Waals surface area contributed by atoms with Crippen molar-refractivity contribution in [3.63, 3.8) is 0 Å². The zero-order valence-electron chi connectivity index (χ0n) is 18.8. The summed E-state index contributed by atoms with van der Waals surface area (Å²) in [6.07, 6.45) is 3.15. The zero-order valence-corrected chi connectivity index (χ0v) is 19.6. The van der Waals surface area contributed by atoms with Gasteiger partial charge in [0, 0.05) is 23.0 Å². The number of para-hydroxylation sites is 1. The summed E-state index contributed by atoms with van der Waals surface area (Å²) in [5, 5.41) is 5.65. The maximum absolute atomic E-state index is 13.6. The average Bonchev–Trinajstić information content (AvgIpc) is 3.33. The van der Waals surface area contributed by atoms with Crippen LogP contribution in [-0.2, 0) is 22.4 Å². The molecule has 2 aromatic carbocycles. The highest BCUT2D eigenvalue weighted by atomic mass is 32.1. The molecular formula is C27H24N4O2S. The third kappa shape index (κ3) is 4.61. The minimum Gasteiger partial charge on any atom is -0.324 e. The van der Waals surface area contributed by atoms with Crippen molar-refractivity contribution < 1.29 is 9.59 Å². The number of nitrogens with one attached hydrogen (secondary N) is 1. The number of carbonyl (C=O) groups excluding carboxylic acids is 2. The maximum atomic E-state index is 13.6. The number of benzene rings is 2. The van der Waals surface area contributed by atoms with Crippen molar-refractivity contribution in [1.29, 1.82) is 0 Å². The van der Waals surface area contributed by atoms with E-state index in [0.717, 1.165) is 39.6 Å². The molecule has 170 valence electrons. The lowest BCUT2D eigenvalue weighted by atomic mass is 9.94. The Bertz CT molecular complexity index is 1320. The predicted molar refractivity (Wildman–Crippen MR) is 135 cm³/mol. The number of rotatable bonds is 5. The van der Waals surface area contributed by atoms with Gasteiger partial charge in [-0.05, 0) is 55.7 Å². The van der Waals surface area contributed by atoms with E-state index in [1.54, 1.807) is 11.1 Å². The number of amides is 2. The monoisotopic (exact) mass is 468 g/mol. The normalized spacial score (nSPS) is 15.0. The molecule has 6 nitrogen and oxygen atoms in total. The first-order valence-electron chi connectivity index (χ1n) is 11.2. The second kappa shape index (κ2) is 9.57. The predicted octanol–water partition coefficient (Wildman–Crippen LogP) is 5.04. The number of aromatic nitrogens is 2. The third-order valence-electron chi connectivity index (χ3n) is 5.91. The van der Waals surface area contributed by atoms with Gasteiger partial charge in [0.05, 0.1) is 17.8 Å². The van der Waals surface area contributed by atoms with Gasteiger partial charge in [-0.15, -0.1) is 11.3 Å². The topological polar surface area (TPSA) is 75.2 Å². The molecule has 5 rings (SSSR count). The van der Waals surface area contributed by atoms with E-state index in [1.165, 1.54) is 11.3 Å². The molecular weight excluding hydrogens is 444 g/mol. The van der Waals surface area contributed by atoms with Gasteiger partial charge in [0.2, 0.25) is 11.8 Å². The Labute approximate surface area is 202 Å². The molecule has 0 spiro atoms. The summed E-state index contributed by atoms with van der Waals surface area (Å²) in [7, 11) is 0. The van der Waals surface area contributed by atoms with Gasteiger partial charge >= 0.3 is 0 Å². The number of aryl methyl sites for hydroxylation is 2. The van der Waals surface area contributed by atoms with E-state index in [9.17, 15) is 9.59 Å². The Hall–Kier alpha value is -3.84. The van der Waals surface area contributed by atoms with Crippen molar-refractivity contribution in [2.45, 2.75) is 32.2 Å². The molecule has 0 radical (unpaired) electrons. The van der Waals surface area contributed by atoms with Crippen LogP contribution < -0.4 is 10.2 Å². The fourth-order valence-electron chi connectivity index (χ4n) is 4.20. The summed E-state index contributed by atoms with van der Waals surface area (Å²) < 4.78 is 0. The second-order valence-corrected chi connectivity index (χ2v) is 9.20. The summed E-state index contributed by atoms with van der Waals surface area (Å²) in [5.41, 5.74) is 5.17. The Morgan fingerprint density at radius 1 is 1.06 bits per heavy atom. The lowest BCUT2D eigenvalue weighted by molar-refractivity contribution is -0.123. The van der Waals surface area contributed by atoms with Crippen LogP contribution >= 0.6 is 11.3 Å². The smallest absolute Gasteiger partial charge is 0.247 e. The summed E-state index contributed by atoms with van der Waals surface area (Å²) in [5.74, 6) is -0.326. The number of hydrogen-bond donors (Lipinski definition) is 1. The van der Waals surface area contributed by atoms with Crippen LogP contribution in [0.25, 0.3) is 10.7 Å². The molecule has 4 aromatic rings. The molecule has 0 fully saturated rings. The van der Waals surface area contributed by atoms with Gasteiger partial charge < -0.3 is 5.32 Å². The second-order valence-electron chi connectivity index (χ2n) is 8.34. The van der Waals surface area contributed by atoms with Crippen molar-refractivity contribution in [1.82, 2.24) is 9.97 Å². The molecule has 2 aromatic heterocycles. The van der Waals surface area contributed by atoms with Gasteiger partial charge in [-0.3, -0.25) is 19.5 Å². The molecule has 7 heteroatoms. The molecule has 0 unspecified atom stereocenters. The van der Waals surface area contributed by atoms with E-state index in [-0.39, 0.29) is 18.2 Å². The third-order valence-corrected chi connectivity index (χ3v) is 6.82. The van der Waals surface area contributed by atoms with Crippen molar-refractivity contribution in [2.24, 2.45) is 0 Å². The van der Waals surface area contributed by atoms with Crippen molar-refractivity contribution in [2.75, 3.05) is 10.2 Å². The average molecular weight is 469 g/mol. The highest BCUT2D eigenvalue weighted by Crippen LogP contribution is 2.32. The molecule has 3 heterocycles. The van der Waals surface area contributed by atoms with E-state index in [1.807, 2.05) is 79.0 Å². The summed E-state index contributed by atoms with van der Waals surface area (Å²) in [6.45, 7) is 2.00. The van der Waals surface area contributed by atoms with Crippen LogP contribution in [0.4, 0.5) is 11.4 Å². The Morgan fingerprint density at radius 3 is 2.65 bits per heavy atom. The lowest BCUT2D eigenvalue weighted by Gasteiger charge is -2.36. The molecule has 1 atom stereocenters. The van der Waals surface area contributed by atoms with Crippen LogP contribution in [0.1, 0.15) is 23.2 Å². The fraction of sp³-hybridized carbons (Fsp3) is 0.185. The summed E-state index contributed by atoms with van der Waals surface area (Å²) >= 11 is 1.46. The largest absolute Gasteiger partial charge is 0.324 e. The van der Waals surface area contributed by atoms with Gasteiger partial charge in [0.25, 0.3) is 0 Å². The van der Waals surface area contributed by atoms with Crippen LogP contribution in [0.3, 0.4) is 0 Å². The number of hydrogen-bond acceptors (Lipinski definition) is 5. The first-order chi connectivity index (χ1) is 16.6. The van der Waals surface area contributed by atoms with Crippen LogP contribution in [0, 0.1) is 6.92 Å². The van der Waals surface area contributed by atoms with Crippen LogP contribution in [0.5, 0.6) is 0 Å². The fourth-order valence-corrected chi connectivity index (χ4v) is 5.00.